The fourth-order valence-corrected chi connectivity index (χ4v) is 2.41. The smallest absolute Gasteiger partial charge is 0.351 e. The molecule has 126 valence electrons. The number of hydrogen-bond acceptors (Lipinski definition) is 4. The third-order valence-corrected chi connectivity index (χ3v) is 3.63. The second-order valence-corrected chi connectivity index (χ2v) is 5.59. The molecule has 6 nitrogen and oxygen atoms in total. The molecular formula is C17H19FN4O2. The Kier molecular flexibility index (Phi) is 4.90. The number of hydrogen-bond donors (Lipinski definition) is 0. The van der Waals surface area contributed by atoms with Gasteiger partial charge in [0.2, 0.25) is 0 Å². The summed E-state index contributed by atoms with van der Waals surface area (Å²) in [6.07, 6.45) is 2.49. The molecule has 2 heterocycles. The van der Waals surface area contributed by atoms with Crippen LogP contribution in [0.3, 0.4) is 0 Å². The van der Waals surface area contributed by atoms with Crippen LogP contribution in [0.4, 0.5) is 4.39 Å². The van der Waals surface area contributed by atoms with Crippen LogP contribution in [-0.2, 0) is 6.67 Å². The SMILES string of the molecule is CN(CCCOc1ccc(F)cc1)Cn1nc2ccccn2c1=O. The third-order valence-electron chi connectivity index (χ3n) is 3.63. The molecule has 0 radical (unpaired) electrons. The number of aromatic nitrogens is 3. The van der Waals surface area contributed by atoms with Gasteiger partial charge in [0, 0.05) is 12.7 Å². The zero-order valence-electron chi connectivity index (χ0n) is 13.4. The Morgan fingerprint density at radius 1 is 1.21 bits per heavy atom. The minimum atomic E-state index is -0.278. The Balaban J connectivity index is 1.48. The van der Waals surface area contributed by atoms with E-state index in [4.69, 9.17) is 4.74 Å². The predicted octanol–water partition coefficient (Wildman–Crippen LogP) is 1.99. The van der Waals surface area contributed by atoms with Crippen molar-refractivity contribution in [2.45, 2.75) is 13.1 Å². The average Bonchev–Trinajstić information content (AvgIpc) is 2.90. The van der Waals surface area contributed by atoms with E-state index in [1.54, 1.807) is 30.5 Å². The van der Waals surface area contributed by atoms with Crippen LogP contribution in [0, 0.1) is 5.82 Å². The third kappa shape index (κ3) is 3.80. The molecule has 0 saturated heterocycles. The van der Waals surface area contributed by atoms with Crippen LogP contribution >= 0.6 is 0 Å². The molecule has 0 saturated carbocycles. The van der Waals surface area contributed by atoms with Crippen molar-refractivity contribution >= 4 is 5.65 Å². The lowest BCUT2D eigenvalue weighted by molar-refractivity contribution is 0.220. The van der Waals surface area contributed by atoms with Crippen LogP contribution in [0.2, 0.25) is 0 Å². The molecule has 7 heteroatoms. The molecule has 1 aromatic carbocycles. The van der Waals surface area contributed by atoms with Crippen LogP contribution in [0.5, 0.6) is 5.75 Å². The molecule has 0 N–H and O–H groups in total. The molecule has 0 aliphatic carbocycles. The van der Waals surface area contributed by atoms with E-state index in [2.05, 4.69) is 5.10 Å². The summed E-state index contributed by atoms with van der Waals surface area (Å²) in [6.45, 7) is 1.69. The minimum absolute atomic E-state index is 0.153. The van der Waals surface area contributed by atoms with Gasteiger partial charge in [-0.3, -0.25) is 9.30 Å². The molecule has 0 aliphatic heterocycles. The number of ether oxygens (including phenoxy) is 1. The van der Waals surface area contributed by atoms with E-state index < -0.39 is 0 Å². The van der Waals surface area contributed by atoms with Crippen molar-refractivity contribution in [2.75, 3.05) is 20.2 Å². The van der Waals surface area contributed by atoms with Gasteiger partial charge in [-0.25, -0.2) is 9.18 Å². The van der Waals surface area contributed by atoms with E-state index in [0.717, 1.165) is 13.0 Å². The topological polar surface area (TPSA) is 51.8 Å². The van der Waals surface area contributed by atoms with Crippen LogP contribution in [0.1, 0.15) is 6.42 Å². The lowest BCUT2D eigenvalue weighted by atomic mass is 10.3. The van der Waals surface area contributed by atoms with E-state index in [9.17, 15) is 9.18 Å². The predicted molar refractivity (Wildman–Crippen MR) is 88.6 cm³/mol. The standard InChI is InChI=1S/C17H19FN4O2/c1-20(10-4-12-24-15-8-6-14(18)7-9-15)13-22-17(23)21-11-3-2-5-16(21)19-22/h2-3,5-9,11H,4,10,12-13H2,1H3. The van der Waals surface area contributed by atoms with Gasteiger partial charge in [0.05, 0.1) is 13.3 Å². The van der Waals surface area contributed by atoms with Gasteiger partial charge < -0.3 is 4.74 Å². The fraction of sp³-hybridized carbons (Fsp3) is 0.294. The Morgan fingerprint density at radius 3 is 2.75 bits per heavy atom. The second-order valence-electron chi connectivity index (χ2n) is 5.59. The maximum Gasteiger partial charge on any atom is 0.351 e. The molecule has 3 rings (SSSR count). The zero-order chi connectivity index (χ0) is 16.9. The van der Waals surface area contributed by atoms with E-state index in [1.165, 1.54) is 21.2 Å². The monoisotopic (exact) mass is 330 g/mol. The maximum absolute atomic E-state index is 12.8. The van der Waals surface area contributed by atoms with Crippen molar-refractivity contribution < 1.29 is 9.13 Å². The van der Waals surface area contributed by atoms with Crippen LogP contribution < -0.4 is 10.4 Å². The Morgan fingerprint density at radius 2 is 2.00 bits per heavy atom. The number of fused-ring (bicyclic) bond motifs is 1. The first-order valence-corrected chi connectivity index (χ1v) is 7.74. The number of nitrogens with zero attached hydrogens (tertiary/aromatic N) is 4. The van der Waals surface area contributed by atoms with Crippen LogP contribution in [-0.4, -0.2) is 39.3 Å². The highest BCUT2D eigenvalue weighted by Gasteiger charge is 2.08. The van der Waals surface area contributed by atoms with E-state index in [0.29, 0.717) is 24.7 Å². The van der Waals surface area contributed by atoms with Gasteiger partial charge in [-0.15, -0.1) is 5.10 Å². The first-order chi connectivity index (χ1) is 11.6. The Hall–Kier alpha value is -2.67. The molecule has 0 fully saturated rings. The first kappa shape index (κ1) is 16.2. The molecule has 0 spiro atoms. The highest BCUT2D eigenvalue weighted by atomic mass is 19.1. The molecular weight excluding hydrogens is 311 g/mol. The van der Waals surface area contributed by atoms with Gasteiger partial charge in [0.25, 0.3) is 0 Å². The highest BCUT2D eigenvalue weighted by molar-refractivity contribution is 5.35. The van der Waals surface area contributed by atoms with Crippen LogP contribution in [0.15, 0.2) is 53.5 Å². The van der Waals surface area contributed by atoms with Crippen LogP contribution in [0.25, 0.3) is 5.65 Å². The number of halogens is 1. The summed E-state index contributed by atoms with van der Waals surface area (Å²) < 4.78 is 21.3. The number of benzene rings is 1. The summed E-state index contributed by atoms with van der Waals surface area (Å²) in [6, 6.07) is 11.4. The molecule has 0 unspecified atom stereocenters. The molecule has 24 heavy (non-hydrogen) atoms. The largest absolute Gasteiger partial charge is 0.494 e. The summed E-state index contributed by atoms with van der Waals surface area (Å²) in [5.74, 6) is 0.371. The second kappa shape index (κ2) is 7.27. The maximum atomic E-state index is 12.8. The van der Waals surface area contributed by atoms with Crippen molar-refractivity contribution in [3.63, 3.8) is 0 Å². The molecule has 0 atom stereocenters. The van der Waals surface area contributed by atoms with E-state index in [-0.39, 0.29) is 11.5 Å². The lowest BCUT2D eigenvalue weighted by Gasteiger charge is -2.15. The van der Waals surface area contributed by atoms with Crippen molar-refractivity contribution in [3.05, 3.63) is 65.0 Å². The van der Waals surface area contributed by atoms with Gasteiger partial charge in [-0.05, 0) is 49.9 Å². The summed E-state index contributed by atoms with van der Waals surface area (Å²) in [5, 5.41) is 4.30. The first-order valence-electron chi connectivity index (χ1n) is 7.74. The summed E-state index contributed by atoms with van der Waals surface area (Å²) in [4.78, 5) is 14.2. The number of pyridine rings is 1. The summed E-state index contributed by atoms with van der Waals surface area (Å²) in [5.41, 5.74) is 0.482. The summed E-state index contributed by atoms with van der Waals surface area (Å²) in [7, 11) is 1.92. The molecule has 0 bridgehead atoms. The van der Waals surface area contributed by atoms with E-state index in [1.807, 2.05) is 18.0 Å². The van der Waals surface area contributed by atoms with Gasteiger partial charge in [0.15, 0.2) is 5.65 Å². The Labute approximate surface area is 138 Å². The molecule has 2 aromatic heterocycles. The van der Waals surface area contributed by atoms with Gasteiger partial charge in [-0.1, -0.05) is 6.07 Å². The minimum Gasteiger partial charge on any atom is -0.494 e. The zero-order valence-corrected chi connectivity index (χ0v) is 13.4. The van der Waals surface area contributed by atoms with Gasteiger partial charge >= 0.3 is 5.69 Å². The Bertz CT molecular complexity index is 857. The lowest BCUT2D eigenvalue weighted by Crippen LogP contribution is -2.31. The average molecular weight is 330 g/mol. The van der Waals surface area contributed by atoms with E-state index >= 15 is 0 Å². The quantitative estimate of drug-likeness (QED) is 0.622. The van der Waals surface area contributed by atoms with Crippen molar-refractivity contribution in [3.8, 4) is 5.75 Å². The summed E-state index contributed by atoms with van der Waals surface area (Å²) >= 11 is 0. The van der Waals surface area contributed by atoms with Crippen molar-refractivity contribution in [1.29, 1.82) is 0 Å². The molecule has 0 amide bonds. The normalized spacial score (nSPS) is 11.3. The van der Waals surface area contributed by atoms with Crippen molar-refractivity contribution in [1.82, 2.24) is 19.1 Å². The molecule has 3 aromatic rings. The number of rotatable bonds is 7. The van der Waals surface area contributed by atoms with Gasteiger partial charge in [0.1, 0.15) is 11.6 Å². The fourth-order valence-electron chi connectivity index (χ4n) is 2.41. The van der Waals surface area contributed by atoms with Crippen molar-refractivity contribution in [2.24, 2.45) is 0 Å². The van der Waals surface area contributed by atoms with Gasteiger partial charge in [-0.2, -0.15) is 4.68 Å². The molecule has 0 aliphatic rings. The highest BCUT2D eigenvalue weighted by Crippen LogP contribution is 2.11.